The van der Waals surface area contributed by atoms with Crippen LogP contribution in [0.1, 0.15) is 62.6 Å². The van der Waals surface area contributed by atoms with Crippen molar-refractivity contribution in [2.45, 2.75) is 59.3 Å². The minimum atomic E-state index is 0.385. The van der Waals surface area contributed by atoms with Crippen molar-refractivity contribution in [1.29, 1.82) is 5.26 Å². The number of nitriles is 1. The van der Waals surface area contributed by atoms with Crippen molar-refractivity contribution >= 4 is 21.6 Å². The van der Waals surface area contributed by atoms with Gasteiger partial charge in [-0.15, -0.1) is 11.3 Å². The molecule has 3 rings (SSSR count). The predicted octanol–water partition coefficient (Wildman–Crippen LogP) is 5.49. The van der Waals surface area contributed by atoms with Gasteiger partial charge in [-0.2, -0.15) is 5.26 Å². The van der Waals surface area contributed by atoms with E-state index in [0.717, 1.165) is 33.9 Å². The zero-order chi connectivity index (χ0) is 15.7. The minimum absolute atomic E-state index is 0.385. The van der Waals surface area contributed by atoms with Crippen molar-refractivity contribution < 1.29 is 0 Å². The molecule has 1 unspecified atom stereocenters. The van der Waals surface area contributed by atoms with Crippen LogP contribution in [0.15, 0.2) is 12.1 Å². The molecule has 0 saturated carbocycles. The first-order valence-corrected chi connectivity index (χ1v) is 9.17. The van der Waals surface area contributed by atoms with E-state index in [1.165, 1.54) is 48.3 Å². The highest BCUT2D eigenvalue weighted by molar-refractivity contribution is 7.19. The summed E-state index contributed by atoms with van der Waals surface area (Å²) >= 11 is 1.52. The Hall–Kier alpha value is -1.40. The number of aromatic nitrogens is 1. The molecule has 3 heteroatoms. The van der Waals surface area contributed by atoms with Gasteiger partial charge in [-0.25, -0.2) is 4.98 Å². The molecule has 0 aliphatic heterocycles. The molecular formula is C19H24N2S. The average molecular weight is 312 g/mol. The highest BCUT2D eigenvalue weighted by atomic mass is 32.1. The Morgan fingerprint density at radius 2 is 2.18 bits per heavy atom. The van der Waals surface area contributed by atoms with Gasteiger partial charge in [0.25, 0.3) is 0 Å². The van der Waals surface area contributed by atoms with E-state index in [-0.39, 0.29) is 0 Å². The Morgan fingerprint density at radius 3 is 2.91 bits per heavy atom. The summed E-state index contributed by atoms with van der Waals surface area (Å²) in [5.74, 6) is 0.727. The van der Waals surface area contributed by atoms with E-state index in [2.05, 4.69) is 32.9 Å². The summed E-state index contributed by atoms with van der Waals surface area (Å²) in [4.78, 5) is 6.69. The summed E-state index contributed by atoms with van der Waals surface area (Å²) in [5, 5.41) is 10.3. The van der Waals surface area contributed by atoms with E-state index in [1.807, 2.05) is 6.07 Å². The summed E-state index contributed by atoms with van der Waals surface area (Å²) in [6.45, 7) is 7.12. The maximum Gasteiger partial charge on any atom is 0.124 e. The number of aryl methyl sites for hydroxylation is 1. The van der Waals surface area contributed by atoms with Crippen molar-refractivity contribution in [3.8, 4) is 6.07 Å². The van der Waals surface area contributed by atoms with E-state index in [1.54, 1.807) is 0 Å². The highest BCUT2D eigenvalue weighted by Gasteiger charge is 2.29. The van der Waals surface area contributed by atoms with Crippen LogP contribution in [0.25, 0.3) is 10.2 Å². The first-order chi connectivity index (χ1) is 10.5. The molecular weight excluding hydrogens is 288 g/mol. The first-order valence-electron chi connectivity index (χ1n) is 8.36. The summed E-state index contributed by atoms with van der Waals surface area (Å²) in [7, 11) is 0. The van der Waals surface area contributed by atoms with Gasteiger partial charge in [-0.05, 0) is 54.7 Å². The largest absolute Gasteiger partial charge is 0.242 e. The Balaban J connectivity index is 2.03. The third kappa shape index (κ3) is 2.90. The summed E-state index contributed by atoms with van der Waals surface area (Å²) in [6.07, 6.45) is 7.31. The predicted molar refractivity (Wildman–Crippen MR) is 93.2 cm³/mol. The van der Waals surface area contributed by atoms with Gasteiger partial charge in [0.05, 0.1) is 0 Å². The molecule has 2 heterocycles. The molecule has 0 amide bonds. The monoisotopic (exact) mass is 312 g/mol. The molecule has 0 saturated heterocycles. The summed E-state index contributed by atoms with van der Waals surface area (Å²) < 4.78 is 0. The van der Waals surface area contributed by atoms with Crippen LogP contribution in [-0.2, 0) is 12.8 Å². The molecule has 1 aliphatic rings. The lowest BCUT2D eigenvalue weighted by molar-refractivity contribution is 0.183. The molecule has 0 aromatic carbocycles. The number of fused-ring (bicyclic) bond motifs is 2. The highest BCUT2D eigenvalue weighted by Crippen LogP contribution is 2.39. The van der Waals surface area contributed by atoms with E-state index >= 15 is 0 Å². The number of nitrogens with zero attached hydrogens (tertiary/aromatic N) is 2. The lowest BCUT2D eigenvalue weighted by atomic mass is 9.70. The lowest BCUT2D eigenvalue weighted by Gasteiger charge is -2.35. The molecule has 1 aliphatic carbocycles. The second kappa shape index (κ2) is 6.01. The normalized spacial score (nSPS) is 19.3. The van der Waals surface area contributed by atoms with Gasteiger partial charge in [-0.3, -0.25) is 0 Å². The first kappa shape index (κ1) is 15.5. The molecule has 0 bridgehead atoms. The Kier molecular flexibility index (Phi) is 4.23. The molecule has 2 aromatic heterocycles. The van der Waals surface area contributed by atoms with Gasteiger partial charge in [0.15, 0.2) is 0 Å². The molecule has 22 heavy (non-hydrogen) atoms. The maximum absolute atomic E-state index is 9.11. The van der Waals surface area contributed by atoms with Gasteiger partial charge in [0, 0.05) is 11.1 Å². The van der Waals surface area contributed by atoms with Gasteiger partial charge in [0.1, 0.15) is 15.8 Å². The topological polar surface area (TPSA) is 36.7 Å². The summed E-state index contributed by atoms with van der Waals surface area (Å²) in [6, 6.07) is 6.55. The molecule has 0 N–H and O–H groups in total. The van der Waals surface area contributed by atoms with E-state index in [9.17, 15) is 0 Å². The quantitative estimate of drug-likeness (QED) is 0.735. The molecule has 2 aromatic rings. The van der Waals surface area contributed by atoms with Crippen LogP contribution in [0, 0.1) is 22.7 Å². The molecule has 1 atom stereocenters. The maximum atomic E-state index is 9.11. The van der Waals surface area contributed by atoms with Crippen molar-refractivity contribution in [3.63, 3.8) is 0 Å². The van der Waals surface area contributed by atoms with E-state index in [4.69, 9.17) is 10.2 Å². The van der Waals surface area contributed by atoms with Gasteiger partial charge in [-0.1, -0.05) is 33.6 Å². The third-order valence-corrected chi connectivity index (χ3v) is 6.44. The second-order valence-corrected chi connectivity index (χ2v) is 8.23. The average Bonchev–Trinajstić information content (AvgIpc) is 2.88. The molecule has 116 valence electrons. The van der Waals surface area contributed by atoms with Crippen molar-refractivity contribution in [3.05, 3.63) is 28.3 Å². The summed E-state index contributed by atoms with van der Waals surface area (Å²) in [5.41, 5.74) is 3.08. The van der Waals surface area contributed by atoms with Crippen LogP contribution in [0.2, 0.25) is 0 Å². The van der Waals surface area contributed by atoms with Crippen molar-refractivity contribution in [2.24, 2.45) is 11.3 Å². The van der Waals surface area contributed by atoms with Crippen molar-refractivity contribution in [1.82, 2.24) is 4.98 Å². The Bertz CT molecular complexity index is 721. The van der Waals surface area contributed by atoms with Crippen LogP contribution in [-0.4, -0.2) is 4.98 Å². The third-order valence-electron chi connectivity index (χ3n) is 5.49. The van der Waals surface area contributed by atoms with Crippen LogP contribution >= 0.6 is 11.3 Å². The second-order valence-electron chi connectivity index (χ2n) is 7.20. The number of pyridine rings is 1. The fraction of sp³-hybridized carbons (Fsp3) is 0.579. The van der Waals surface area contributed by atoms with Gasteiger partial charge < -0.3 is 0 Å². The Labute approximate surface area is 137 Å². The standard InChI is InChI=1S/C19H24N2S/c1-4-19(2,3)15-7-5-6-8-17-13(10-15)9-14-11-16(12-20)22-18(14)21-17/h9,11,15H,4-8,10H2,1-3H3. The van der Waals surface area contributed by atoms with E-state index in [0.29, 0.717) is 5.41 Å². The van der Waals surface area contributed by atoms with E-state index < -0.39 is 0 Å². The number of hydrogen-bond donors (Lipinski definition) is 0. The smallest absolute Gasteiger partial charge is 0.124 e. The van der Waals surface area contributed by atoms with Crippen LogP contribution in [0.3, 0.4) is 0 Å². The van der Waals surface area contributed by atoms with Crippen LogP contribution < -0.4 is 0 Å². The number of thiophene rings is 1. The molecule has 2 nitrogen and oxygen atoms in total. The SMILES string of the molecule is CCC(C)(C)C1CCCCc2nc3sc(C#N)cc3cc2C1. The van der Waals surface area contributed by atoms with Gasteiger partial charge in [0.2, 0.25) is 0 Å². The number of hydrogen-bond acceptors (Lipinski definition) is 3. The van der Waals surface area contributed by atoms with Crippen LogP contribution in [0.4, 0.5) is 0 Å². The fourth-order valence-corrected chi connectivity index (χ4v) is 4.34. The number of rotatable bonds is 2. The minimum Gasteiger partial charge on any atom is -0.242 e. The fourth-order valence-electron chi connectivity index (χ4n) is 3.51. The Morgan fingerprint density at radius 1 is 1.36 bits per heavy atom. The molecule has 0 radical (unpaired) electrons. The molecule has 0 fully saturated rings. The zero-order valence-corrected chi connectivity index (χ0v) is 14.6. The zero-order valence-electron chi connectivity index (χ0n) is 13.8. The van der Waals surface area contributed by atoms with Crippen LogP contribution in [0.5, 0.6) is 0 Å². The lowest BCUT2D eigenvalue weighted by Crippen LogP contribution is -2.27. The molecule has 0 spiro atoms. The van der Waals surface area contributed by atoms with Crippen molar-refractivity contribution in [2.75, 3.05) is 0 Å². The van der Waals surface area contributed by atoms with Gasteiger partial charge >= 0.3 is 0 Å².